The lowest BCUT2D eigenvalue weighted by Crippen LogP contribution is -2.47. The predicted molar refractivity (Wildman–Crippen MR) is 109 cm³/mol. The molecule has 27 heavy (non-hydrogen) atoms. The Kier molecular flexibility index (Phi) is 6.50. The van der Waals surface area contributed by atoms with Gasteiger partial charge in [-0.05, 0) is 18.9 Å². The zero-order valence-electron chi connectivity index (χ0n) is 15.6. The van der Waals surface area contributed by atoms with E-state index >= 15 is 0 Å². The molecular formula is C20H24ClN3O2S. The van der Waals surface area contributed by atoms with Gasteiger partial charge in [-0.2, -0.15) is 0 Å². The molecule has 0 saturated carbocycles. The molecule has 1 aromatic heterocycles. The van der Waals surface area contributed by atoms with Crippen LogP contribution in [0.5, 0.6) is 0 Å². The normalized spacial score (nSPS) is 15.2. The van der Waals surface area contributed by atoms with E-state index in [4.69, 9.17) is 11.6 Å². The van der Waals surface area contributed by atoms with Crippen LogP contribution in [-0.2, 0) is 16.0 Å². The number of carbonyl (C=O) groups is 2. The molecule has 1 N–H and O–H groups in total. The minimum atomic E-state index is -0.0281. The third-order valence-electron chi connectivity index (χ3n) is 4.66. The van der Waals surface area contributed by atoms with E-state index in [0.717, 1.165) is 29.1 Å². The summed E-state index contributed by atoms with van der Waals surface area (Å²) in [5, 5.41) is 6.46. The van der Waals surface area contributed by atoms with E-state index in [9.17, 15) is 9.59 Å². The van der Waals surface area contributed by atoms with Crippen molar-refractivity contribution in [2.75, 3.05) is 13.1 Å². The largest absolute Gasteiger partial charge is 0.353 e. The van der Waals surface area contributed by atoms with Crippen LogP contribution < -0.4 is 5.32 Å². The molecule has 7 heteroatoms. The maximum absolute atomic E-state index is 12.4. The van der Waals surface area contributed by atoms with Crippen molar-refractivity contribution in [3.8, 4) is 10.6 Å². The highest BCUT2D eigenvalue weighted by Crippen LogP contribution is 2.30. The molecule has 1 saturated heterocycles. The molecule has 0 unspecified atom stereocenters. The summed E-state index contributed by atoms with van der Waals surface area (Å²) >= 11 is 7.71. The van der Waals surface area contributed by atoms with Crippen LogP contribution in [0.25, 0.3) is 10.6 Å². The Hall–Kier alpha value is -1.92. The van der Waals surface area contributed by atoms with E-state index in [1.54, 1.807) is 0 Å². The Morgan fingerprint density at radius 2 is 2.00 bits per heavy atom. The molecule has 144 valence electrons. The zero-order valence-corrected chi connectivity index (χ0v) is 17.1. The number of likely N-dealkylation sites (tertiary alicyclic amines) is 1. The molecular weight excluding hydrogens is 382 g/mol. The number of halogens is 1. The number of benzene rings is 1. The highest BCUT2D eigenvalue weighted by atomic mass is 35.5. The van der Waals surface area contributed by atoms with E-state index in [0.29, 0.717) is 18.1 Å². The summed E-state index contributed by atoms with van der Waals surface area (Å²) in [7, 11) is 0. The molecule has 3 rings (SSSR count). The van der Waals surface area contributed by atoms with E-state index in [2.05, 4.69) is 10.3 Å². The number of hydrogen-bond acceptors (Lipinski definition) is 4. The number of nitrogens with zero attached hydrogens (tertiary/aromatic N) is 2. The van der Waals surface area contributed by atoms with Gasteiger partial charge < -0.3 is 10.2 Å². The lowest BCUT2D eigenvalue weighted by Gasteiger charge is -2.33. The first kappa shape index (κ1) is 19.8. The summed E-state index contributed by atoms with van der Waals surface area (Å²) in [5.41, 5.74) is 1.64. The Labute approximate surface area is 168 Å². The second-order valence-corrected chi connectivity index (χ2v) is 8.39. The van der Waals surface area contributed by atoms with Gasteiger partial charge in [0.05, 0.1) is 17.1 Å². The third kappa shape index (κ3) is 5.08. The minimum absolute atomic E-state index is 0.0214. The zero-order chi connectivity index (χ0) is 19.4. The van der Waals surface area contributed by atoms with Crippen LogP contribution in [0.1, 0.15) is 32.4 Å². The lowest BCUT2D eigenvalue weighted by atomic mass is 10.0. The molecule has 2 amide bonds. The Bertz CT molecular complexity index is 813. The molecule has 0 bridgehead atoms. The Morgan fingerprint density at radius 1 is 1.30 bits per heavy atom. The fourth-order valence-corrected chi connectivity index (χ4v) is 4.34. The molecule has 0 spiro atoms. The van der Waals surface area contributed by atoms with Gasteiger partial charge in [0.25, 0.3) is 0 Å². The summed E-state index contributed by atoms with van der Waals surface area (Å²) in [6, 6.07) is 7.69. The first-order valence-corrected chi connectivity index (χ1v) is 10.5. The van der Waals surface area contributed by atoms with Crippen LogP contribution in [0.15, 0.2) is 29.6 Å². The second kappa shape index (κ2) is 8.85. The van der Waals surface area contributed by atoms with Gasteiger partial charge in [0.1, 0.15) is 5.01 Å². The Morgan fingerprint density at radius 3 is 2.67 bits per heavy atom. The highest BCUT2D eigenvalue weighted by molar-refractivity contribution is 7.13. The minimum Gasteiger partial charge on any atom is -0.353 e. The van der Waals surface area contributed by atoms with Gasteiger partial charge in [-0.15, -0.1) is 11.3 Å². The molecule has 2 heterocycles. The van der Waals surface area contributed by atoms with Crippen LogP contribution in [-0.4, -0.2) is 40.8 Å². The first-order valence-electron chi connectivity index (χ1n) is 9.21. The number of amides is 2. The van der Waals surface area contributed by atoms with Gasteiger partial charge in [0.15, 0.2) is 0 Å². The number of piperidine rings is 1. The van der Waals surface area contributed by atoms with Crippen LogP contribution in [0, 0.1) is 5.92 Å². The smallest absolute Gasteiger partial charge is 0.226 e. The molecule has 5 nitrogen and oxygen atoms in total. The topological polar surface area (TPSA) is 62.3 Å². The summed E-state index contributed by atoms with van der Waals surface area (Å²) in [6.07, 6.45) is 1.85. The van der Waals surface area contributed by atoms with Crippen LogP contribution in [0.3, 0.4) is 0 Å². The number of aromatic nitrogens is 1. The third-order valence-corrected chi connectivity index (χ3v) is 5.92. The molecule has 1 aliphatic heterocycles. The molecule has 1 fully saturated rings. The fraction of sp³-hybridized carbons (Fsp3) is 0.450. The van der Waals surface area contributed by atoms with E-state index in [1.165, 1.54) is 11.3 Å². The summed E-state index contributed by atoms with van der Waals surface area (Å²) in [5.74, 6) is 0.183. The van der Waals surface area contributed by atoms with Gasteiger partial charge in [0, 0.05) is 36.0 Å². The Balaban J connectivity index is 1.51. The summed E-state index contributed by atoms with van der Waals surface area (Å²) in [6.45, 7) is 5.24. The van der Waals surface area contributed by atoms with Gasteiger partial charge in [-0.25, -0.2) is 4.98 Å². The van der Waals surface area contributed by atoms with Gasteiger partial charge in [-0.1, -0.05) is 43.6 Å². The van der Waals surface area contributed by atoms with Gasteiger partial charge >= 0.3 is 0 Å². The van der Waals surface area contributed by atoms with E-state index < -0.39 is 0 Å². The molecule has 2 aromatic rings. The molecule has 0 aliphatic carbocycles. The quantitative estimate of drug-likeness (QED) is 0.823. The van der Waals surface area contributed by atoms with Crippen molar-refractivity contribution in [1.29, 1.82) is 0 Å². The molecule has 0 atom stereocenters. The number of hydrogen-bond donors (Lipinski definition) is 1. The van der Waals surface area contributed by atoms with Crippen molar-refractivity contribution in [2.45, 2.75) is 39.2 Å². The van der Waals surface area contributed by atoms with Crippen molar-refractivity contribution in [2.24, 2.45) is 5.92 Å². The van der Waals surface area contributed by atoms with Crippen LogP contribution in [0.2, 0.25) is 5.02 Å². The first-order chi connectivity index (χ1) is 12.9. The van der Waals surface area contributed by atoms with Gasteiger partial charge in [-0.3, -0.25) is 9.59 Å². The number of rotatable bonds is 5. The number of carbonyl (C=O) groups excluding carboxylic acids is 2. The average molecular weight is 406 g/mol. The number of nitrogens with one attached hydrogen (secondary N) is 1. The van der Waals surface area contributed by atoms with Crippen molar-refractivity contribution >= 4 is 34.8 Å². The van der Waals surface area contributed by atoms with Crippen molar-refractivity contribution in [3.05, 3.63) is 40.4 Å². The van der Waals surface area contributed by atoms with Gasteiger partial charge in [0.2, 0.25) is 11.8 Å². The summed E-state index contributed by atoms with van der Waals surface area (Å²) in [4.78, 5) is 30.8. The molecule has 1 aromatic carbocycles. The monoisotopic (exact) mass is 405 g/mol. The summed E-state index contributed by atoms with van der Waals surface area (Å²) < 4.78 is 0. The van der Waals surface area contributed by atoms with Crippen LogP contribution in [0.4, 0.5) is 0 Å². The lowest BCUT2D eigenvalue weighted by molar-refractivity contribution is -0.135. The maximum atomic E-state index is 12.4. The van der Waals surface area contributed by atoms with E-state index in [-0.39, 0.29) is 30.2 Å². The van der Waals surface area contributed by atoms with Crippen molar-refractivity contribution in [3.63, 3.8) is 0 Å². The SMILES string of the molecule is CC(C)C(=O)N1CCC(NC(=O)Cc2csc(-c3ccccc3Cl)n2)CC1. The van der Waals surface area contributed by atoms with E-state index in [1.807, 2.05) is 48.4 Å². The second-order valence-electron chi connectivity index (χ2n) is 7.12. The molecule has 0 radical (unpaired) electrons. The highest BCUT2D eigenvalue weighted by Gasteiger charge is 2.25. The van der Waals surface area contributed by atoms with Crippen LogP contribution >= 0.6 is 22.9 Å². The molecule has 1 aliphatic rings. The van der Waals surface area contributed by atoms with Crippen molar-refractivity contribution < 1.29 is 9.59 Å². The maximum Gasteiger partial charge on any atom is 0.226 e. The standard InChI is InChI=1S/C20H24ClN3O2S/c1-13(2)20(26)24-9-7-14(8-10-24)22-18(25)11-15-12-27-19(23-15)16-5-3-4-6-17(16)21/h3-6,12-14H,7-11H2,1-2H3,(H,22,25). The predicted octanol–water partition coefficient (Wildman–Crippen LogP) is 3.77. The average Bonchev–Trinajstić information content (AvgIpc) is 3.10. The fourth-order valence-electron chi connectivity index (χ4n) is 3.20. The number of thiazole rings is 1. The van der Waals surface area contributed by atoms with Crippen molar-refractivity contribution in [1.82, 2.24) is 15.2 Å².